The quantitative estimate of drug-likeness (QED) is 0.341. The number of anilines is 2. The fourth-order valence-corrected chi connectivity index (χ4v) is 4.16. The van der Waals surface area contributed by atoms with E-state index in [0.717, 1.165) is 5.39 Å². The summed E-state index contributed by atoms with van der Waals surface area (Å²) in [5, 5.41) is 20.1. The maximum atomic E-state index is 12.9. The number of nitrogens with one attached hydrogen (secondary N) is 3. The molecule has 1 aromatic heterocycles. The number of aromatic nitrogens is 2. The fraction of sp³-hybridized carbons (Fsp3) is 0.0476. The molecule has 4 N–H and O–H groups in total. The number of carbonyl (C=O) groups is 1. The second kappa shape index (κ2) is 8.00. The molecule has 0 bridgehead atoms. The number of carbonyl (C=O) groups excluding carboxylic acids is 1. The standard InChI is InChI=1S/C21H18N4O5S/c1-30-19-8-3-2-7-16(19)25-31(28,29)14-9-10-18(26)17(11-14)23-21(27)15-6-4-5-13-12-22-24-20(13)15/h2-12,25-26H,1H3,(H,22,24)(H,23,27). The average Bonchev–Trinajstić information content (AvgIpc) is 3.24. The number of aromatic amines is 1. The van der Waals surface area contributed by atoms with Crippen LogP contribution in [0.15, 0.2) is 71.8 Å². The van der Waals surface area contributed by atoms with E-state index in [1.807, 2.05) is 0 Å². The molecule has 0 aliphatic heterocycles. The van der Waals surface area contributed by atoms with Crippen LogP contribution < -0.4 is 14.8 Å². The number of H-pyrrole nitrogens is 1. The number of phenols is 1. The Balaban J connectivity index is 1.64. The molecule has 10 heteroatoms. The summed E-state index contributed by atoms with van der Waals surface area (Å²) in [5.74, 6) is -0.454. The fourth-order valence-electron chi connectivity index (χ4n) is 3.06. The van der Waals surface area contributed by atoms with Crippen LogP contribution in [-0.4, -0.2) is 36.7 Å². The van der Waals surface area contributed by atoms with Crippen molar-refractivity contribution in [2.45, 2.75) is 4.90 Å². The lowest BCUT2D eigenvalue weighted by Gasteiger charge is -2.13. The topological polar surface area (TPSA) is 133 Å². The van der Waals surface area contributed by atoms with Crippen molar-refractivity contribution in [2.24, 2.45) is 0 Å². The largest absolute Gasteiger partial charge is 0.506 e. The summed E-state index contributed by atoms with van der Waals surface area (Å²) in [6.07, 6.45) is 1.58. The third-order valence-corrected chi connectivity index (χ3v) is 5.96. The molecule has 4 rings (SSSR count). The molecular formula is C21H18N4O5S. The Hall–Kier alpha value is -4.05. The van der Waals surface area contributed by atoms with Crippen molar-refractivity contribution in [1.29, 1.82) is 0 Å². The lowest BCUT2D eigenvalue weighted by molar-refractivity contribution is 0.102. The lowest BCUT2D eigenvalue weighted by Crippen LogP contribution is -2.16. The van der Waals surface area contributed by atoms with Crippen molar-refractivity contribution in [3.8, 4) is 11.5 Å². The van der Waals surface area contributed by atoms with E-state index in [-0.39, 0.29) is 22.0 Å². The molecule has 1 amide bonds. The number of hydrogen-bond acceptors (Lipinski definition) is 6. The van der Waals surface area contributed by atoms with Gasteiger partial charge >= 0.3 is 0 Å². The van der Waals surface area contributed by atoms with Gasteiger partial charge in [0.25, 0.3) is 15.9 Å². The Morgan fingerprint density at radius 1 is 1.06 bits per heavy atom. The van der Waals surface area contributed by atoms with Crippen LogP contribution >= 0.6 is 0 Å². The first-order chi connectivity index (χ1) is 14.9. The monoisotopic (exact) mass is 438 g/mol. The van der Waals surface area contributed by atoms with E-state index in [4.69, 9.17) is 4.74 Å². The van der Waals surface area contributed by atoms with Gasteiger partial charge in [-0.1, -0.05) is 24.3 Å². The highest BCUT2D eigenvalue weighted by Gasteiger charge is 2.20. The van der Waals surface area contributed by atoms with Gasteiger partial charge in [0.15, 0.2) is 0 Å². The zero-order chi connectivity index (χ0) is 22.0. The molecule has 31 heavy (non-hydrogen) atoms. The number of methoxy groups -OCH3 is 1. The van der Waals surface area contributed by atoms with Gasteiger partial charge in [0.2, 0.25) is 0 Å². The van der Waals surface area contributed by atoms with E-state index in [9.17, 15) is 18.3 Å². The molecule has 0 saturated heterocycles. The van der Waals surface area contributed by atoms with Gasteiger partial charge in [-0.15, -0.1) is 0 Å². The summed E-state index contributed by atoms with van der Waals surface area (Å²) in [6.45, 7) is 0. The van der Waals surface area contributed by atoms with E-state index in [1.54, 1.807) is 48.7 Å². The highest BCUT2D eigenvalue weighted by molar-refractivity contribution is 7.92. The van der Waals surface area contributed by atoms with Crippen LogP contribution in [0.25, 0.3) is 10.9 Å². The Bertz CT molecular complexity index is 1380. The summed E-state index contributed by atoms with van der Waals surface area (Å²) in [5.41, 5.74) is 1.04. The molecule has 158 valence electrons. The number of sulfonamides is 1. The first-order valence-corrected chi connectivity index (χ1v) is 10.6. The number of nitrogens with zero attached hydrogens (tertiary/aromatic N) is 1. The first kappa shape index (κ1) is 20.2. The number of para-hydroxylation sites is 3. The van der Waals surface area contributed by atoms with E-state index in [0.29, 0.717) is 16.8 Å². The summed E-state index contributed by atoms with van der Waals surface area (Å²) < 4.78 is 33.3. The normalized spacial score (nSPS) is 11.3. The molecule has 4 aromatic rings. The Kier molecular flexibility index (Phi) is 5.22. The van der Waals surface area contributed by atoms with E-state index < -0.39 is 15.9 Å². The molecule has 9 nitrogen and oxygen atoms in total. The number of benzene rings is 3. The van der Waals surface area contributed by atoms with Crippen LogP contribution in [0.1, 0.15) is 10.4 Å². The highest BCUT2D eigenvalue weighted by atomic mass is 32.2. The molecular weight excluding hydrogens is 420 g/mol. The zero-order valence-corrected chi connectivity index (χ0v) is 17.1. The van der Waals surface area contributed by atoms with Crippen LogP contribution in [0.3, 0.4) is 0 Å². The third kappa shape index (κ3) is 4.01. The van der Waals surface area contributed by atoms with Gasteiger partial charge < -0.3 is 15.2 Å². The molecule has 0 unspecified atom stereocenters. The number of amides is 1. The third-order valence-electron chi connectivity index (χ3n) is 4.60. The van der Waals surface area contributed by atoms with Crippen molar-refractivity contribution in [1.82, 2.24) is 10.2 Å². The van der Waals surface area contributed by atoms with Crippen LogP contribution in [-0.2, 0) is 10.0 Å². The summed E-state index contributed by atoms with van der Waals surface area (Å²) >= 11 is 0. The number of ether oxygens (including phenoxy) is 1. The minimum Gasteiger partial charge on any atom is -0.506 e. The van der Waals surface area contributed by atoms with Gasteiger partial charge in [-0.2, -0.15) is 5.10 Å². The van der Waals surface area contributed by atoms with Crippen LogP contribution in [0, 0.1) is 0 Å². The van der Waals surface area contributed by atoms with Gasteiger partial charge in [0.05, 0.1) is 40.7 Å². The second-order valence-corrected chi connectivity index (χ2v) is 8.26. The Morgan fingerprint density at radius 2 is 1.87 bits per heavy atom. The van der Waals surface area contributed by atoms with Gasteiger partial charge in [-0.3, -0.25) is 14.6 Å². The van der Waals surface area contributed by atoms with Crippen LogP contribution in [0.2, 0.25) is 0 Å². The second-order valence-electron chi connectivity index (χ2n) is 6.58. The lowest BCUT2D eigenvalue weighted by atomic mass is 10.1. The van der Waals surface area contributed by atoms with E-state index in [2.05, 4.69) is 20.2 Å². The predicted molar refractivity (Wildman–Crippen MR) is 116 cm³/mol. The van der Waals surface area contributed by atoms with Crippen LogP contribution in [0.4, 0.5) is 11.4 Å². The van der Waals surface area contributed by atoms with Crippen molar-refractivity contribution in [2.75, 3.05) is 17.1 Å². The van der Waals surface area contributed by atoms with Gasteiger partial charge in [-0.25, -0.2) is 8.42 Å². The molecule has 0 aliphatic carbocycles. The van der Waals surface area contributed by atoms with Crippen molar-refractivity contribution >= 4 is 38.2 Å². The minimum absolute atomic E-state index is 0.0515. The minimum atomic E-state index is -4.02. The van der Waals surface area contributed by atoms with Gasteiger partial charge in [0.1, 0.15) is 11.5 Å². The number of fused-ring (bicyclic) bond motifs is 1. The molecule has 0 aliphatic rings. The number of rotatable bonds is 6. The SMILES string of the molecule is COc1ccccc1NS(=O)(=O)c1ccc(O)c(NC(=O)c2cccc3cn[nH]c23)c1. The van der Waals surface area contributed by atoms with E-state index >= 15 is 0 Å². The van der Waals surface area contributed by atoms with Crippen molar-refractivity contribution in [3.05, 3.63) is 72.4 Å². The molecule has 3 aromatic carbocycles. The predicted octanol–water partition coefficient (Wildman–Crippen LogP) is 3.33. The number of hydrogen-bond donors (Lipinski definition) is 4. The molecule has 0 atom stereocenters. The molecule has 0 radical (unpaired) electrons. The highest BCUT2D eigenvalue weighted by Crippen LogP contribution is 2.30. The molecule has 0 saturated carbocycles. The molecule has 0 spiro atoms. The smallest absolute Gasteiger partial charge is 0.262 e. The maximum absolute atomic E-state index is 12.9. The maximum Gasteiger partial charge on any atom is 0.262 e. The Morgan fingerprint density at radius 3 is 2.68 bits per heavy atom. The molecule has 1 heterocycles. The average molecular weight is 438 g/mol. The number of aromatic hydroxyl groups is 1. The number of phenolic OH excluding ortho intramolecular Hbond substituents is 1. The van der Waals surface area contributed by atoms with Crippen LogP contribution in [0.5, 0.6) is 11.5 Å². The molecule has 0 fully saturated rings. The summed E-state index contributed by atoms with van der Waals surface area (Å²) in [6, 6.07) is 15.3. The summed E-state index contributed by atoms with van der Waals surface area (Å²) in [4.78, 5) is 12.6. The summed E-state index contributed by atoms with van der Waals surface area (Å²) in [7, 11) is -2.59. The van der Waals surface area contributed by atoms with Gasteiger partial charge in [-0.05, 0) is 36.4 Å². The van der Waals surface area contributed by atoms with Gasteiger partial charge in [0, 0.05) is 5.39 Å². The van der Waals surface area contributed by atoms with Crippen molar-refractivity contribution < 1.29 is 23.1 Å². The van der Waals surface area contributed by atoms with Crippen molar-refractivity contribution in [3.63, 3.8) is 0 Å². The Labute approximate surface area is 177 Å². The van der Waals surface area contributed by atoms with E-state index in [1.165, 1.54) is 25.3 Å². The zero-order valence-electron chi connectivity index (χ0n) is 16.3. The first-order valence-electron chi connectivity index (χ1n) is 9.11.